The lowest BCUT2D eigenvalue weighted by atomic mass is 10.0. The molecule has 0 saturated carbocycles. The molecule has 0 heterocycles. The second-order valence-corrected chi connectivity index (χ2v) is 5.26. The van der Waals surface area contributed by atoms with Gasteiger partial charge in [-0.05, 0) is 30.0 Å². The lowest BCUT2D eigenvalue weighted by molar-refractivity contribution is 0.104. The van der Waals surface area contributed by atoms with E-state index in [0.29, 0.717) is 0 Å². The molecule has 2 aromatic rings. The molecule has 21 heavy (non-hydrogen) atoms. The second kappa shape index (κ2) is 8.21. The molecule has 108 valence electrons. The monoisotopic (exact) mass is 278 g/mol. The highest BCUT2D eigenvalue weighted by Crippen LogP contribution is 2.10. The van der Waals surface area contributed by atoms with Crippen molar-refractivity contribution in [3.63, 3.8) is 0 Å². The maximum absolute atomic E-state index is 12.1. The summed E-state index contributed by atoms with van der Waals surface area (Å²) in [6.07, 6.45) is 8.32. The molecule has 0 spiro atoms. The van der Waals surface area contributed by atoms with E-state index in [0.717, 1.165) is 17.5 Å². The SMILES string of the molecule is CCCCCc1ccc(C(=O)C=Cc2ccccc2)cc1. The zero-order valence-corrected chi connectivity index (χ0v) is 12.6. The Hall–Kier alpha value is -2.15. The third-order valence-electron chi connectivity index (χ3n) is 3.53. The van der Waals surface area contributed by atoms with Crippen LogP contribution in [-0.4, -0.2) is 5.78 Å². The molecule has 0 aliphatic rings. The number of hydrogen-bond acceptors (Lipinski definition) is 1. The molecule has 1 nitrogen and oxygen atoms in total. The standard InChI is InChI=1S/C20H22O/c1-2-3-5-8-18-11-14-19(15-12-18)20(21)16-13-17-9-6-4-7-10-17/h4,6-7,9-16H,2-3,5,8H2,1H3. The van der Waals surface area contributed by atoms with Crippen LogP contribution >= 0.6 is 0 Å². The molecule has 0 aromatic heterocycles. The molecular weight excluding hydrogens is 256 g/mol. The number of benzene rings is 2. The highest BCUT2D eigenvalue weighted by atomic mass is 16.1. The first-order valence-corrected chi connectivity index (χ1v) is 7.66. The first-order chi connectivity index (χ1) is 10.3. The van der Waals surface area contributed by atoms with Gasteiger partial charge in [0.15, 0.2) is 5.78 Å². The smallest absolute Gasteiger partial charge is 0.185 e. The molecule has 0 aliphatic carbocycles. The summed E-state index contributed by atoms with van der Waals surface area (Å²) in [6.45, 7) is 2.21. The van der Waals surface area contributed by atoms with E-state index in [2.05, 4.69) is 19.1 Å². The first-order valence-electron chi connectivity index (χ1n) is 7.66. The van der Waals surface area contributed by atoms with Gasteiger partial charge in [-0.1, -0.05) is 80.4 Å². The number of allylic oxidation sites excluding steroid dienone is 1. The van der Waals surface area contributed by atoms with Gasteiger partial charge in [0.1, 0.15) is 0 Å². The van der Waals surface area contributed by atoms with E-state index in [-0.39, 0.29) is 5.78 Å². The topological polar surface area (TPSA) is 17.1 Å². The summed E-state index contributed by atoms with van der Waals surface area (Å²) in [6, 6.07) is 17.9. The molecule has 0 atom stereocenters. The summed E-state index contributed by atoms with van der Waals surface area (Å²) >= 11 is 0. The van der Waals surface area contributed by atoms with E-state index in [1.807, 2.05) is 48.5 Å². The summed E-state index contributed by atoms with van der Waals surface area (Å²) < 4.78 is 0. The summed E-state index contributed by atoms with van der Waals surface area (Å²) in [5.41, 5.74) is 3.11. The minimum absolute atomic E-state index is 0.0546. The number of unbranched alkanes of at least 4 members (excludes halogenated alkanes) is 2. The molecule has 0 fully saturated rings. The summed E-state index contributed by atoms with van der Waals surface area (Å²) in [4.78, 5) is 12.1. The average molecular weight is 278 g/mol. The Morgan fingerprint density at radius 3 is 2.33 bits per heavy atom. The Balaban J connectivity index is 1.95. The van der Waals surface area contributed by atoms with Crippen LogP contribution < -0.4 is 0 Å². The van der Waals surface area contributed by atoms with E-state index >= 15 is 0 Å². The van der Waals surface area contributed by atoms with Crippen LogP contribution in [-0.2, 0) is 6.42 Å². The minimum Gasteiger partial charge on any atom is -0.289 e. The second-order valence-electron chi connectivity index (χ2n) is 5.26. The van der Waals surface area contributed by atoms with Crippen molar-refractivity contribution in [3.8, 4) is 0 Å². The van der Waals surface area contributed by atoms with Gasteiger partial charge in [0.05, 0.1) is 0 Å². The van der Waals surface area contributed by atoms with Crippen molar-refractivity contribution in [3.05, 3.63) is 77.4 Å². The van der Waals surface area contributed by atoms with Gasteiger partial charge < -0.3 is 0 Å². The van der Waals surface area contributed by atoms with E-state index in [9.17, 15) is 4.79 Å². The molecule has 0 amide bonds. The molecule has 0 N–H and O–H groups in total. The van der Waals surface area contributed by atoms with Crippen molar-refractivity contribution < 1.29 is 4.79 Å². The molecular formula is C20H22O. The van der Waals surface area contributed by atoms with Crippen molar-refractivity contribution >= 4 is 11.9 Å². The molecule has 2 aromatic carbocycles. The van der Waals surface area contributed by atoms with Crippen LogP contribution in [0, 0.1) is 0 Å². The summed E-state index contributed by atoms with van der Waals surface area (Å²) in [7, 11) is 0. The lowest BCUT2D eigenvalue weighted by Crippen LogP contribution is -1.95. The van der Waals surface area contributed by atoms with Crippen LogP contribution in [0.5, 0.6) is 0 Å². The number of rotatable bonds is 7. The predicted molar refractivity (Wildman–Crippen MR) is 89.5 cm³/mol. The van der Waals surface area contributed by atoms with Gasteiger partial charge in [-0.25, -0.2) is 0 Å². The molecule has 1 heteroatoms. The predicted octanol–water partition coefficient (Wildman–Crippen LogP) is 5.32. The van der Waals surface area contributed by atoms with Gasteiger partial charge in [0.25, 0.3) is 0 Å². The normalized spacial score (nSPS) is 10.9. The third-order valence-corrected chi connectivity index (χ3v) is 3.53. The quantitative estimate of drug-likeness (QED) is 0.381. The Morgan fingerprint density at radius 2 is 1.67 bits per heavy atom. The Labute approximate surface area is 127 Å². The molecule has 0 radical (unpaired) electrons. The molecule has 2 rings (SSSR count). The fourth-order valence-electron chi connectivity index (χ4n) is 2.25. The number of aryl methyl sites for hydroxylation is 1. The Bertz CT molecular complexity index is 579. The van der Waals surface area contributed by atoms with Crippen molar-refractivity contribution in [2.75, 3.05) is 0 Å². The van der Waals surface area contributed by atoms with Crippen LogP contribution in [0.25, 0.3) is 6.08 Å². The molecule has 0 saturated heterocycles. The van der Waals surface area contributed by atoms with Crippen molar-refractivity contribution in [2.45, 2.75) is 32.6 Å². The maximum Gasteiger partial charge on any atom is 0.185 e. The van der Waals surface area contributed by atoms with Crippen molar-refractivity contribution in [2.24, 2.45) is 0 Å². The summed E-state index contributed by atoms with van der Waals surface area (Å²) in [5, 5.41) is 0. The van der Waals surface area contributed by atoms with E-state index < -0.39 is 0 Å². The largest absolute Gasteiger partial charge is 0.289 e. The molecule has 0 aliphatic heterocycles. The van der Waals surface area contributed by atoms with E-state index in [4.69, 9.17) is 0 Å². The lowest BCUT2D eigenvalue weighted by Gasteiger charge is -2.02. The van der Waals surface area contributed by atoms with E-state index in [1.54, 1.807) is 6.08 Å². The number of hydrogen-bond donors (Lipinski definition) is 0. The van der Waals surface area contributed by atoms with Crippen molar-refractivity contribution in [1.82, 2.24) is 0 Å². The number of carbonyl (C=O) groups excluding carboxylic acids is 1. The van der Waals surface area contributed by atoms with Gasteiger partial charge in [-0.3, -0.25) is 4.79 Å². The number of carbonyl (C=O) groups is 1. The minimum atomic E-state index is 0.0546. The molecule has 0 unspecified atom stereocenters. The van der Waals surface area contributed by atoms with Crippen molar-refractivity contribution in [1.29, 1.82) is 0 Å². The van der Waals surface area contributed by atoms with Crippen LogP contribution in [0.2, 0.25) is 0 Å². The average Bonchev–Trinajstić information content (AvgIpc) is 2.54. The fraction of sp³-hybridized carbons (Fsp3) is 0.250. The Morgan fingerprint density at radius 1 is 0.952 bits per heavy atom. The van der Waals surface area contributed by atoms with E-state index in [1.165, 1.54) is 24.8 Å². The highest BCUT2D eigenvalue weighted by Gasteiger charge is 2.01. The third kappa shape index (κ3) is 5.03. The van der Waals surface area contributed by atoms with Gasteiger partial charge in [0, 0.05) is 5.56 Å². The van der Waals surface area contributed by atoms with Gasteiger partial charge in [-0.15, -0.1) is 0 Å². The number of ketones is 1. The fourth-order valence-corrected chi connectivity index (χ4v) is 2.25. The van der Waals surface area contributed by atoms with Gasteiger partial charge >= 0.3 is 0 Å². The maximum atomic E-state index is 12.1. The molecule has 0 bridgehead atoms. The van der Waals surface area contributed by atoms with Crippen LogP contribution in [0.4, 0.5) is 0 Å². The van der Waals surface area contributed by atoms with Crippen LogP contribution in [0.3, 0.4) is 0 Å². The van der Waals surface area contributed by atoms with Crippen LogP contribution in [0.1, 0.15) is 47.7 Å². The van der Waals surface area contributed by atoms with Gasteiger partial charge in [-0.2, -0.15) is 0 Å². The summed E-state index contributed by atoms with van der Waals surface area (Å²) in [5.74, 6) is 0.0546. The highest BCUT2D eigenvalue weighted by molar-refractivity contribution is 6.06. The Kier molecular flexibility index (Phi) is 5.96. The van der Waals surface area contributed by atoms with Gasteiger partial charge in [0.2, 0.25) is 0 Å². The first kappa shape index (κ1) is 15.2. The van der Waals surface area contributed by atoms with Crippen LogP contribution in [0.15, 0.2) is 60.7 Å². The zero-order valence-electron chi connectivity index (χ0n) is 12.6. The zero-order chi connectivity index (χ0) is 14.9.